The lowest BCUT2D eigenvalue weighted by atomic mass is 9.97. The predicted octanol–water partition coefficient (Wildman–Crippen LogP) is 2.91. The third kappa shape index (κ3) is 2.94. The number of rotatable bonds is 4. The van der Waals surface area contributed by atoms with E-state index in [0.29, 0.717) is 18.8 Å². The zero-order valence-electron chi connectivity index (χ0n) is 14.6. The van der Waals surface area contributed by atoms with Crippen molar-refractivity contribution in [3.63, 3.8) is 0 Å². The summed E-state index contributed by atoms with van der Waals surface area (Å²) in [5.74, 6) is 0.520. The molecule has 0 radical (unpaired) electrons. The van der Waals surface area contributed by atoms with Crippen LogP contribution in [0.3, 0.4) is 0 Å². The Kier molecular flexibility index (Phi) is 4.66. The molecule has 3 heterocycles. The molecule has 0 aliphatic carbocycles. The van der Waals surface area contributed by atoms with E-state index in [4.69, 9.17) is 4.74 Å². The molecule has 0 spiro atoms. The summed E-state index contributed by atoms with van der Waals surface area (Å²) in [6.45, 7) is 6.69. The van der Waals surface area contributed by atoms with Gasteiger partial charge in [-0.2, -0.15) is 5.10 Å². The van der Waals surface area contributed by atoms with Gasteiger partial charge < -0.3 is 4.74 Å². The lowest BCUT2D eigenvalue weighted by molar-refractivity contribution is -0.124. The van der Waals surface area contributed by atoms with E-state index in [1.807, 2.05) is 29.8 Å². The molecule has 2 aromatic rings. The highest BCUT2D eigenvalue weighted by Gasteiger charge is 2.39. The highest BCUT2D eigenvalue weighted by Crippen LogP contribution is 2.37. The second-order valence-electron chi connectivity index (χ2n) is 6.52. The molecule has 128 valence electrons. The first-order valence-corrected chi connectivity index (χ1v) is 8.35. The Bertz CT molecular complexity index is 725. The molecule has 0 saturated carbocycles. The number of anilines is 1. The van der Waals surface area contributed by atoms with Crippen LogP contribution in [0, 0.1) is 12.8 Å². The highest BCUT2D eigenvalue weighted by molar-refractivity contribution is 5.94. The van der Waals surface area contributed by atoms with Crippen molar-refractivity contribution >= 4 is 11.7 Å². The number of nitrogens with zero attached hydrogens (tertiary/aromatic N) is 4. The van der Waals surface area contributed by atoms with Crippen LogP contribution in [0.5, 0.6) is 0 Å². The van der Waals surface area contributed by atoms with Crippen molar-refractivity contribution in [2.45, 2.75) is 39.3 Å². The van der Waals surface area contributed by atoms with Gasteiger partial charge in [-0.05, 0) is 44.9 Å². The van der Waals surface area contributed by atoms with E-state index in [-0.39, 0.29) is 24.0 Å². The molecular weight excluding hydrogens is 304 g/mol. The maximum Gasteiger partial charge on any atom is 0.234 e. The number of hydrogen-bond donors (Lipinski definition) is 0. The van der Waals surface area contributed by atoms with E-state index in [1.165, 1.54) is 0 Å². The van der Waals surface area contributed by atoms with Crippen LogP contribution in [0.15, 0.2) is 30.6 Å². The number of carbonyl (C=O) groups is 1. The molecule has 0 N–H and O–H groups in total. The molecule has 0 unspecified atom stereocenters. The smallest absolute Gasteiger partial charge is 0.234 e. The van der Waals surface area contributed by atoms with Crippen LogP contribution in [-0.2, 0) is 9.53 Å². The summed E-state index contributed by atoms with van der Waals surface area (Å²) < 4.78 is 7.84. The van der Waals surface area contributed by atoms with Gasteiger partial charge in [0.15, 0.2) is 0 Å². The zero-order valence-corrected chi connectivity index (χ0v) is 14.6. The second-order valence-corrected chi connectivity index (χ2v) is 6.52. The molecule has 1 aliphatic heterocycles. The molecular formula is C18H24N4O2. The van der Waals surface area contributed by atoms with Crippen molar-refractivity contribution in [1.29, 1.82) is 0 Å². The normalized spacial score (nSPS) is 20.5. The van der Waals surface area contributed by atoms with E-state index >= 15 is 0 Å². The van der Waals surface area contributed by atoms with E-state index in [1.54, 1.807) is 24.3 Å². The molecule has 1 aliphatic rings. The van der Waals surface area contributed by atoms with E-state index in [9.17, 15) is 4.79 Å². The van der Waals surface area contributed by atoms with Gasteiger partial charge in [-0.15, -0.1) is 0 Å². The minimum Gasteiger partial charge on any atom is -0.371 e. The number of aromatic nitrogens is 3. The Morgan fingerprint density at radius 1 is 1.38 bits per heavy atom. The quantitative estimate of drug-likeness (QED) is 0.866. The van der Waals surface area contributed by atoms with E-state index in [0.717, 1.165) is 11.3 Å². The summed E-state index contributed by atoms with van der Waals surface area (Å²) in [6, 6.07) is 6.01. The van der Waals surface area contributed by atoms with Gasteiger partial charge in [0, 0.05) is 32.1 Å². The van der Waals surface area contributed by atoms with Gasteiger partial charge in [0.25, 0.3) is 0 Å². The molecule has 2 aromatic heterocycles. The maximum atomic E-state index is 13.1. The molecule has 6 nitrogen and oxygen atoms in total. The SMILES string of the molecule is Cc1cccnc1N(C)C(=O)[C@H]1CCO[C@@H]1c1ccnn1C(C)C. The topological polar surface area (TPSA) is 60.3 Å². The molecule has 0 bridgehead atoms. The van der Waals surface area contributed by atoms with Gasteiger partial charge in [0.2, 0.25) is 5.91 Å². The number of ether oxygens (including phenoxy) is 1. The molecule has 1 amide bonds. The van der Waals surface area contributed by atoms with Gasteiger partial charge in [-0.3, -0.25) is 14.4 Å². The van der Waals surface area contributed by atoms with Gasteiger partial charge in [0.1, 0.15) is 11.9 Å². The lowest BCUT2D eigenvalue weighted by Gasteiger charge is -2.25. The standard InChI is InChI=1S/C18H24N4O2/c1-12(2)22-15(7-10-20-22)16-14(8-11-24-16)18(23)21(4)17-13(3)6-5-9-19-17/h5-7,9-10,12,14,16H,8,11H2,1-4H3/t14-,16-/m0/s1. The predicted molar refractivity (Wildman–Crippen MR) is 91.8 cm³/mol. The van der Waals surface area contributed by atoms with Crippen molar-refractivity contribution < 1.29 is 9.53 Å². The fourth-order valence-corrected chi connectivity index (χ4v) is 3.30. The number of pyridine rings is 1. The Morgan fingerprint density at radius 2 is 2.17 bits per heavy atom. The summed E-state index contributed by atoms with van der Waals surface area (Å²) in [4.78, 5) is 19.1. The van der Waals surface area contributed by atoms with Crippen LogP contribution < -0.4 is 4.90 Å². The highest BCUT2D eigenvalue weighted by atomic mass is 16.5. The number of amides is 1. The molecule has 1 saturated heterocycles. The minimum absolute atomic E-state index is 0.0378. The summed E-state index contributed by atoms with van der Waals surface area (Å²) in [7, 11) is 1.78. The summed E-state index contributed by atoms with van der Waals surface area (Å²) in [5.41, 5.74) is 1.95. The molecule has 0 aromatic carbocycles. The van der Waals surface area contributed by atoms with Crippen LogP contribution >= 0.6 is 0 Å². The number of hydrogen-bond acceptors (Lipinski definition) is 4. The molecule has 3 rings (SSSR count). The fourth-order valence-electron chi connectivity index (χ4n) is 3.30. The van der Waals surface area contributed by atoms with E-state index < -0.39 is 0 Å². The Labute approximate surface area is 142 Å². The largest absolute Gasteiger partial charge is 0.371 e. The first-order valence-electron chi connectivity index (χ1n) is 8.35. The third-order valence-electron chi connectivity index (χ3n) is 4.52. The second kappa shape index (κ2) is 6.73. The van der Waals surface area contributed by atoms with Crippen LogP contribution in [0.2, 0.25) is 0 Å². The van der Waals surface area contributed by atoms with Crippen molar-refractivity contribution in [3.8, 4) is 0 Å². The third-order valence-corrected chi connectivity index (χ3v) is 4.52. The van der Waals surface area contributed by atoms with Gasteiger partial charge >= 0.3 is 0 Å². The fraction of sp³-hybridized carbons (Fsp3) is 0.500. The summed E-state index contributed by atoms with van der Waals surface area (Å²) >= 11 is 0. The molecule has 1 fully saturated rings. The van der Waals surface area contributed by atoms with Crippen molar-refractivity contribution in [1.82, 2.24) is 14.8 Å². The minimum atomic E-state index is -0.256. The van der Waals surface area contributed by atoms with E-state index in [2.05, 4.69) is 23.9 Å². The van der Waals surface area contributed by atoms with Crippen LogP contribution in [0.4, 0.5) is 5.82 Å². The Balaban J connectivity index is 1.86. The summed E-state index contributed by atoms with van der Waals surface area (Å²) in [6.07, 6.45) is 3.94. The number of aryl methyl sites for hydroxylation is 1. The first-order chi connectivity index (χ1) is 11.5. The van der Waals surface area contributed by atoms with Crippen LogP contribution in [0.1, 0.15) is 43.7 Å². The maximum absolute atomic E-state index is 13.1. The Hall–Kier alpha value is -2.21. The molecule has 6 heteroatoms. The van der Waals surface area contributed by atoms with Crippen LogP contribution in [0.25, 0.3) is 0 Å². The van der Waals surface area contributed by atoms with Crippen LogP contribution in [-0.4, -0.2) is 34.3 Å². The Morgan fingerprint density at radius 3 is 2.88 bits per heavy atom. The average Bonchev–Trinajstić information content (AvgIpc) is 3.22. The van der Waals surface area contributed by atoms with Gasteiger partial charge in [-0.25, -0.2) is 4.98 Å². The average molecular weight is 328 g/mol. The number of carbonyl (C=O) groups excluding carboxylic acids is 1. The molecule has 24 heavy (non-hydrogen) atoms. The van der Waals surface area contributed by atoms with Crippen molar-refractivity contribution in [2.24, 2.45) is 5.92 Å². The lowest BCUT2D eigenvalue weighted by Crippen LogP contribution is -2.35. The summed E-state index contributed by atoms with van der Waals surface area (Å²) in [5, 5.41) is 4.37. The first kappa shape index (κ1) is 16.6. The monoisotopic (exact) mass is 328 g/mol. The van der Waals surface area contributed by atoms with Gasteiger partial charge in [0.05, 0.1) is 11.6 Å². The van der Waals surface area contributed by atoms with Crippen molar-refractivity contribution in [3.05, 3.63) is 41.9 Å². The van der Waals surface area contributed by atoms with Crippen molar-refractivity contribution in [2.75, 3.05) is 18.6 Å². The zero-order chi connectivity index (χ0) is 17.3. The molecule has 2 atom stereocenters. The van der Waals surface area contributed by atoms with Gasteiger partial charge in [-0.1, -0.05) is 6.07 Å².